The molecule has 2 amide bonds. The number of ether oxygens (including phenoxy) is 1. The Bertz CT molecular complexity index is 718. The first kappa shape index (κ1) is 17.5. The zero-order chi connectivity index (χ0) is 18.4. The van der Waals surface area contributed by atoms with Gasteiger partial charge in [-0.25, -0.2) is 0 Å². The lowest BCUT2D eigenvalue weighted by Crippen LogP contribution is -2.61. The number of carbonyl (C=O) groups excluding carboxylic acids is 2. The minimum atomic E-state index is -0.571. The molecule has 4 heterocycles. The summed E-state index contributed by atoms with van der Waals surface area (Å²) in [6.45, 7) is 7.91. The van der Waals surface area contributed by atoms with E-state index in [-0.39, 0.29) is 17.2 Å². The van der Waals surface area contributed by atoms with Gasteiger partial charge in [-0.05, 0) is 18.3 Å². The second-order valence-electron chi connectivity index (χ2n) is 8.41. The van der Waals surface area contributed by atoms with Crippen molar-refractivity contribution in [2.24, 2.45) is 5.41 Å². The number of aromatic amines is 1. The smallest absolute Gasteiger partial charge is 0.274 e. The number of amides is 2. The predicted molar refractivity (Wildman–Crippen MR) is 94.6 cm³/mol. The molecule has 2 fully saturated rings. The Balaban J connectivity index is 1.46. The highest BCUT2D eigenvalue weighted by atomic mass is 16.5. The number of nitrogens with zero attached hydrogens (tertiary/aromatic N) is 2. The molecular formula is C18H27N5O3. The lowest BCUT2D eigenvalue weighted by molar-refractivity contribution is -0.128. The number of rotatable bonds is 1. The van der Waals surface area contributed by atoms with Crippen LogP contribution in [-0.2, 0) is 22.6 Å². The maximum absolute atomic E-state index is 12.9. The molecule has 0 saturated carbocycles. The maximum Gasteiger partial charge on any atom is 0.274 e. The maximum atomic E-state index is 12.9. The van der Waals surface area contributed by atoms with Crippen molar-refractivity contribution in [3.8, 4) is 0 Å². The molecule has 26 heavy (non-hydrogen) atoms. The minimum Gasteiger partial charge on any atom is -0.376 e. The van der Waals surface area contributed by atoms with Crippen molar-refractivity contribution < 1.29 is 14.3 Å². The first-order valence-corrected chi connectivity index (χ1v) is 9.37. The summed E-state index contributed by atoms with van der Waals surface area (Å²) in [4.78, 5) is 27.4. The average molecular weight is 361 g/mol. The van der Waals surface area contributed by atoms with Crippen molar-refractivity contribution >= 4 is 11.8 Å². The molecule has 0 radical (unpaired) electrons. The molecule has 0 atom stereocenters. The van der Waals surface area contributed by atoms with Crippen LogP contribution in [0.5, 0.6) is 0 Å². The van der Waals surface area contributed by atoms with Gasteiger partial charge >= 0.3 is 0 Å². The normalized spacial score (nSPS) is 24.7. The van der Waals surface area contributed by atoms with E-state index in [1.165, 1.54) is 0 Å². The van der Waals surface area contributed by atoms with E-state index in [2.05, 4.69) is 34.7 Å². The molecule has 3 N–H and O–H groups in total. The summed E-state index contributed by atoms with van der Waals surface area (Å²) in [5, 5.41) is 13.8. The van der Waals surface area contributed by atoms with Crippen LogP contribution in [0.2, 0.25) is 0 Å². The number of nitrogens with one attached hydrogen (secondary N) is 3. The van der Waals surface area contributed by atoms with E-state index < -0.39 is 5.54 Å². The predicted octanol–water partition coefficient (Wildman–Crippen LogP) is 0.203. The highest BCUT2D eigenvalue weighted by Crippen LogP contribution is 2.29. The molecule has 1 aromatic heterocycles. The lowest BCUT2D eigenvalue weighted by atomic mass is 9.86. The Morgan fingerprint density at radius 1 is 1.23 bits per heavy atom. The van der Waals surface area contributed by atoms with Gasteiger partial charge < -0.3 is 20.3 Å². The van der Waals surface area contributed by atoms with Gasteiger partial charge in [-0.3, -0.25) is 14.7 Å². The number of carbonyl (C=O) groups is 2. The van der Waals surface area contributed by atoms with Crippen LogP contribution in [0.25, 0.3) is 0 Å². The highest BCUT2D eigenvalue weighted by molar-refractivity contribution is 5.94. The Hall–Kier alpha value is -1.93. The van der Waals surface area contributed by atoms with Gasteiger partial charge in [0.25, 0.3) is 5.91 Å². The third-order valence-corrected chi connectivity index (χ3v) is 5.87. The van der Waals surface area contributed by atoms with E-state index in [4.69, 9.17) is 4.74 Å². The number of piperidine rings is 1. The second kappa shape index (κ2) is 6.35. The number of H-pyrrole nitrogens is 1. The molecule has 142 valence electrons. The minimum absolute atomic E-state index is 0.0280. The molecular weight excluding hydrogens is 334 g/mol. The molecule has 0 aliphatic carbocycles. The summed E-state index contributed by atoms with van der Waals surface area (Å²) in [7, 11) is 0. The van der Waals surface area contributed by atoms with Crippen LogP contribution in [0.1, 0.15) is 48.4 Å². The van der Waals surface area contributed by atoms with Crippen LogP contribution >= 0.6 is 0 Å². The third-order valence-electron chi connectivity index (χ3n) is 5.87. The molecule has 3 aliphatic rings. The third kappa shape index (κ3) is 3.01. The summed E-state index contributed by atoms with van der Waals surface area (Å²) in [6.07, 6.45) is 1.99. The molecule has 3 aliphatic heterocycles. The average Bonchev–Trinajstić information content (AvgIpc) is 3.04. The highest BCUT2D eigenvalue weighted by Gasteiger charge is 2.45. The summed E-state index contributed by atoms with van der Waals surface area (Å²) < 4.78 is 5.48. The van der Waals surface area contributed by atoms with Crippen molar-refractivity contribution in [3.05, 3.63) is 17.0 Å². The standard InChI is InChI=1S/C18H27N5O3/c1-17(2)10-19-16(25)18(20-11-17)4-6-23(7-5-18)15(24)14-12-9-26-8-3-13(12)21-22-14/h20H,3-11H2,1-2H3,(H,19,25)(H,21,22). The SMILES string of the molecule is CC1(C)CNC(=O)C2(CCN(C(=O)c3n[nH]c4c3COCC4)CC2)NC1. The number of likely N-dealkylation sites (tertiary alicyclic amines) is 1. The molecule has 0 aromatic carbocycles. The van der Waals surface area contributed by atoms with Crippen LogP contribution in [0, 0.1) is 5.41 Å². The number of fused-ring (bicyclic) bond motifs is 1. The topological polar surface area (TPSA) is 99.4 Å². The van der Waals surface area contributed by atoms with E-state index >= 15 is 0 Å². The van der Waals surface area contributed by atoms with Gasteiger partial charge in [0.1, 0.15) is 5.54 Å². The summed E-state index contributed by atoms with van der Waals surface area (Å²) >= 11 is 0. The van der Waals surface area contributed by atoms with Crippen LogP contribution < -0.4 is 10.6 Å². The quantitative estimate of drug-likeness (QED) is 0.664. The Morgan fingerprint density at radius 3 is 2.77 bits per heavy atom. The van der Waals surface area contributed by atoms with Gasteiger partial charge in [-0.1, -0.05) is 13.8 Å². The van der Waals surface area contributed by atoms with Gasteiger partial charge in [-0.15, -0.1) is 0 Å². The lowest BCUT2D eigenvalue weighted by Gasteiger charge is -2.40. The number of aromatic nitrogens is 2. The van der Waals surface area contributed by atoms with Crippen molar-refractivity contribution in [1.29, 1.82) is 0 Å². The van der Waals surface area contributed by atoms with Gasteiger partial charge in [0.05, 0.1) is 13.2 Å². The molecule has 4 rings (SSSR count). The van der Waals surface area contributed by atoms with E-state index in [0.717, 1.165) is 24.2 Å². The van der Waals surface area contributed by atoms with Gasteiger partial charge in [0, 0.05) is 43.9 Å². The van der Waals surface area contributed by atoms with Crippen LogP contribution in [0.4, 0.5) is 0 Å². The number of hydrogen-bond acceptors (Lipinski definition) is 5. The van der Waals surface area contributed by atoms with Crippen molar-refractivity contribution in [3.63, 3.8) is 0 Å². The first-order chi connectivity index (χ1) is 12.4. The largest absolute Gasteiger partial charge is 0.376 e. The zero-order valence-corrected chi connectivity index (χ0v) is 15.5. The molecule has 8 heteroatoms. The van der Waals surface area contributed by atoms with E-state index in [0.29, 0.717) is 51.4 Å². The fourth-order valence-corrected chi connectivity index (χ4v) is 3.97. The zero-order valence-electron chi connectivity index (χ0n) is 15.5. The monoisotopic (exact) mass is 361 g/mol. The van der Waals surface area contributed by atoms with Gasteiger partial charge in [0.2, 0.25) is 5.91 Å². The van der Waals surface area contributed by atoms with Crippen LogP contribution in [0.15, 0.2) is 0 Å². The Morgan fingerprint density at radius 2 is 2.00 bits per heavy atom. The molecule has 8 nitrogen and oxygen atoms in total. The van der Waals surface area contributed by atoms with Gasteiger partial charge in [0.15, 0.2) is 5.69 Å². The van der Waals surface area contributed by atoms with Crippen molar-refractivity contribution in [2.75, 3.05) is 32.8 Å². The molecule has 1 spiro atoms. The van der Waals surface area contributed by atoms with E-state index in [9.17, 15) is 9.59 Å². The fraction of sp³-hybridized carbons (Fsp3) is 0.722. The first-order valence-electron chi connectivity index (χ1n) is 9.37. The van der Waals surface area contributed by atoms with Crippen LogP contribution in [0.3, 0.4) is 0 Å². The van der Waals surface area contributed by atoms with E-state index in [1.54, 1.807) is 4.90 Å². The number of hydrogen-bond donors (Lipinski definition) is 3. The summed E-state index contributed by atoms with van der Waals surface area (Å²) in [6, 6.07) is 0. The summed E-state index contributed by atoms with van der Waals surface area (Å²) in [5.74, 6) is -0.0158. The Kier molecular flexibility index (Phi) is 4.27. The summed E-state index contributed by atoms with van der Waals surface area (Å²) in [5.41, 5.74) is 1.81. The van der Waals surface area contributed by atoms with Crippen LogP contribution in [-0.4, -0.2) is 65.2 Å². The van der Waals surface area contributed by atoms with E-state index in [1.807, 2.05) is 0 Å². The van der Waals surface area contributed by atoms with Gasteiger partial charge in [-0.2, -0.15) is 5.10 Å². The second-order valence-corrected chi connectivity index (χ2v) is 8.41. The molecule has 1 aromatic rings. The van der Waals surface area contributed by atoms with Crippen molar-refractivity contribution in [2.45, 2.75) is 45.3 Å². The Labute approximate surface area is 153 Å². The van der Waals surface area contributed by atoms with Crippen molar-refractivity contribution in [1.82, 2.24) is 25.7 Å². The fourth-order valence-electron chi connectivity index (χ4n) is 3.97. The molecule has 0 bridgehead atoms. The molecule has 2 saturated heterocycles. The molecule has 0 unspecified atom stereocenters.